The molecule has 0 spiro atoms. The monoisotopic (exact) mass is 314 g/mol. The number of aliphatic carboxylic acids is 1. The van der Waals surface area contributed by atoms with Gasteiger partial charge in [0.2, 0.25) is 0 Å². The Bertz CT molecular complexity index is 666. The number of benzene rings is 1. The molecule has 120 valence electrons. The van der Waals surface area contributed by atoms with Crippen molar-refractivity contribution in [2.75, 3.05) is 7.11 Å². The largest absolute Gasteiger partial charge is 0.493 e. The Hall–Kier alpha value is -3.08. The molecule has 0 bridgehead atoms. The molecule has 0 unspecified atom stereocenters. The predicted molar refractivity (Wildman–Crippen MR) is 88.4 cm³/mol. The molecular weight excluding hydrogens is 296 g/mol. The summed E-state index contributed by atoms with van der Waals surface area (Å²) in [6, 6.07) is 4.75. The number of allylic oxidation sites excluding steroid dienone is 5. The van der Waals surface area contributed by atoms with Gasteiger partial charge in [-0.25, -0.2) is 9.59 Å². The topological polar surface area (TPSA) is 72.8 Å². The van der Waals surface area contributed by atoms with Gasteiger partial charge < -0.3 is 14.6 Å². The second-order valence-corrected chi connectivity index (χ2v) is 4.27. The zero-order valence-corrected chi connectivity index (χ0v) is 12.9. The van der Waals surface area contributed by atoms with E-state index in [-0.39, 0.29) is 5.75 Å². The maximum Gasteiger partial charge on any atom is 0.336 e. The van der Waals surface area contributed by atoms with Crippen LogP contribution in [0.2, 0.25) is 0 Å². The molecule has 0 aromatic heterocycles. The minimum atomic E-state index is -1.05. The maximum absolute atomic E-state index is 11.7. The molecule has 0 aliphatic carbocycles. The lowest BCUT2D eigenvalue weighted by atomic mass is 10.2. The molecule has 0 aliphatic heterocycles. The molecule has 0 radical (unpaired) electrons. The van der Waals surface area contributed by atoms with Crippen LogP contribution in [0.3, 0.4) is 0 Å². The van der Waals surface area contributed by atoms with Crippen molar-refractivity contribution in [3.63, 3.8) is 0 Å². The number of hydrogen-bond acceptors (Lipinski definition) is 4. The van der Waals surface area contributed by atoms with E-state index in [1.165, 1.54) is 19.3 Å². The highest BCUT2D eigenvalue weighted by Gasteiger charge is 2.08. The molecule has 5 nitrogen and oxygen atoms in total. The zero-order chi connectivity index (χ0) is 17.1. The summed E-state index contributed by atoms with van der Waals surface area (Å²) in [6.45, 7) is 1.89. The number of carboxylic acid groups (broad SMARTS) is 1. The van der Waals surface area contributed by atoms with E-state index in [1.807, 2.05) is 19.1 Å². The van der Waals surface area contributed by atoms with Crippen molar-refractivity contribution in [3.8, 4) is 11.5 Å². The fraction of sp³-hybridized carbons (Fsp3) is 0.111. The van der Waals surface area contributed by atoms with E-state index in [0.717, 1.165) is 6.08 Å². The fourth-order valence-electron chi connectivity index (χ4n) is 1.56. The van der Waals surface area contributed by atoms with Crippen molar-refractivity contribution in [1.82, 2.24) is 0 Å². The summed E-state index contributed by atoms with van der Waals surface area (Å²) in [4.78, 5) is 22.2. The smallest absolute Gasteiger partial charge is 0.336 e. The Kier molecular flexibility index (Phi) is 7.64. The molecule has 1 rings (SSSR count). The van der Waals surface area contributed by atoms with Gasteiger partial charge in [-0.1, -0.05) is 36.4 Å². The Morgan fingerprint density at radius 2 is 1.78 bits per heavy atom. The second kappa shape index (κ2) is 9.78. The quantitative estimate of drug-likeness (QED) is 0.361. The summed E-state index contributed by atoms with van der Waals surface area (Å²) >= 11 is 0. The highest BCUT2D eigenvalue weighted by molar-refractivity contribution is 5.86. The van der Waals surface area contributed by atoms with Gasteiger partial charge in [-0.15, -0.1) is 0 Å². The van der Waals surface area contributed by atoms with Crippen molar-refractivity contribution in [1.29, 1.82) is 0 Å². The normalized spacial score (nSPS) is 11.7. The summed E-state index contributed by atoms with van der Waals surface area (Å²) in [5.41, 5.74) is 0.619. The minimum Gasteiger partial charge on any atom is -0.493 e. The Balaban J connectivity index is 2.80. The molecule has 1 N–H and O–H groups in total. The lowest BCUT2D eigenvalue weighted by molar-refractivity contribution is -0.131. The van der Waals surface area contributed by atoms with Gasteiger partial charge in [0.05, 0.1) is 7.11 Å². The Morgan fingerprint density at radius 3 is 2.43 bits per heavy atom. The van der Waals surface area contributed by atoms with E-state index in [1.54, 1.807) is 36.4 Å². The first-order valence-electron chi connectivity index (χ1n) is 6.83. The molecule has 1 aromatic rings. The van der Waals surface area contributed by atoms with E-state index in [2.05, 4.69) is 0 Å². The van der Waals surface area contributed by atoms with E-state index in [0.29, 0.717) is 11.3 Å². The van der Waals surface area contributed by atoms with Gasteiger partial charge >= 0.3 is 11.9 Å². The third-order valence-electron chi connectivity index (χ3n) is 2.57. The molecule has 5 heteroatoms. The molecule has 0 amide bonds. The first-order chi connectivity index (χ1) is 11.1. The second-order valence-electron chi connectivity index (χ2n) is 4.27. The average Bonchev–Trinajstić information content (AvgIpc) is 2.53. The van der Waals surface area contributed by atoms with E-state index >= 15 is 0 Å². The third kappa shape index (κ3) is 6.95. The van der Waals surface area contributed by atoms with E-state index < -0.39 is 11.9 Å². The van der Waals surface area contributed by atoms with Crippen molar-refractivity contribution in [3.05, 3.63) is 66.3 Å². The first-order valence-corrected chi connectivity index (χ1v) is 6.83. The lowest BCUT2D eigenvalue weighted by Gasteiger charge is -2.08. The Labute approximate surface area is 134 Å². The van der Waals surface area contributed by atoms with Crippen LogP contribution in [0.1, 0.15) is 12.5 Å². The van der Waals surface area contributed by atoms with Gasteiger partial charge in [0.1, 0.15) is 0 Å². The number of carbonyl (C=O) groups excluding carboxylic acids is 1. The predicted octanol–water partition coefficient (Wildman–Crippen LogP) is 3.39. The highest BCUT2D eigenvalue weighted by atomic mass is 16.6. The summed E-state index contributed by atoms with van der Waals surface area (Å²) in [5.74, 6) is -0.992. The van der Waals surface area contributed by atoms with Crippen LogP contribution in [0, 0.1) is 0 Å². The van der Waals surface area contributed by atoms with Crippen LogP contribution in [0.15, 0.2) is 60.7 Å². The number of carboxylic acids is 1. The molecule has 0 aliphatic rings. The summed E-state index contributed by atoms with van der Waals surface area (Å²) in [7, 11) is 1.44. The van der Waals surface area contributed by atoms with E-state index in [4.69, 9.17) is 14.6 Å². The van der Waals surface area contributed by atoms with Crippen LogP contribution in [0.25, 0.3) is 6.08 Å². The van der Waals surface area contributed by atoms with Gasteiger partial charge in [0, 0.05) is 12.2 Å². The van der Waals surface area contributed by atoms with Crippen LogP contribution in [-0.2, 0) is 9.59 Å². The molecule has 23 heavy (non-hydrogen) atoms. The standard InChI is InChI=1S/C18H18O5/c1-3-4-5-6-7-8-18(21)23-15-11-9-14(10-12-17(19)20)13-16(15)22-2/h3-13H,1-2H3,(H,19,20). The van der Waals surface area contributed by atoms with E-state index in [9.17, 15) is 9.59 Å². The minimum absolute atomic E-state index is 0.257. The molecule has 0 heterocycles. The first kappa shape index (κ1) is 18.0. The average molecular weight is 314 g/mol. The number of methoxy groups -OCH3 is 1. The van der Waals surface area contributed by atoms with Gasteiger partial charge in [-0.05, 0) is 30.7 Å². The van der Waals surface area contributed by atoms with Crippen LogP contribution in [0.4, 0.5) is 0 Å². The fourth-order valence-corrected chi connectivity index (χ4v) is 1.56. The highest BCUT2D eigenvalue weighted by Crippen LogP contribution is 2.28. The Morgan fingerprint density at radius 1 is 1.04 bits per heavy atom. The molecule has 0 saturated heterocycles. The van der Waals surface area contributed by atoms with Gasteiger partial charge in [-0.2, -0.15) is 0 Å². The molecule has 0 atom stereocenters. The molecule has 0 fully saturated rings. The molecule has 1 aromatic carbocycles. The molecular formula is C18H18O5. The van der Waals surface area contributed by atoms with Crippen LogP contribution < -0.4 is 9.47 Å². The summed E-state index contributed by atoms with van der Waals surface area (Å²) in [6.07, 6.45) is 12.5. The maximum atomic E-state index is 11.7. The number of esters is 1. The van der Waals surface area contributed by atoms with Crippen LogP contribution in [0.5, 0.6) is 11.5 Å². The third-order valence-corrected chi connectivity index (χ3v) is 2.57. The van der Waals surface area contributed by atoms with Gasteiger partial charge in [0.15, 0.2) is 11.5 Å². The lowest BCUT2D eigenvalue weighted by Crippen LogP contribution is -2.05. The number of carbonyl (C=O) groups is 2. The number of hydrogen-bond donors (Lipinski definition) is 1. The van der Waals surface area contributed by atoms with Crippen molar-refractivity contribution < 1.29 is 24.2 Å². The van der Waals surface area contributed by atoms with Gasteiger partial charge in [0.25, 0.3) is 0 Å². The van der Waals surface area contributed by atoms with Crippen molar-refractivity contribution in [2.45, 2.75) is 6.92 Å². The zero-order valence-electron chi connectivity index (χ0n) is 12.9. The van der Waals surface area contributed by atoms with Crippen LogP contribution in [-0.4, -0.2) is 24.2 Å². The van der Waals surface area contributed by atoms with Crippen molar-refractivity contribution in [2.24, 2.45) is 0 Å². The summed E-state index contributed by atoms with van der Waals surface area (Å²) in [5, 5.41) is 8.61. The van der Waals surface area contributed by atoms with Crippen LogP contribution >= 0.6 is 0 Å². The molecule has 0 saturated carbocycles. The van der Waals surface area contributed by atoms with Gasteiger partial charge in [-0.3, -0.25) is 0 Å². The number of ether oxygens (including phenoxy) is 2. The van der Waals surface area contributed by atoms with Crippen molar-refractivity contribution >= 4 is 18.0 Å². The summed E-state index contributed by atoms with van der Waals surface area (Å²) < 4.78 is 10.3. The SMILES string of the molecule is CC=CC=CC=CC(=O)Oc1ccc(C=CC(=O)O)cc1OC. The number of rotatable bonds is 7.